The second-order valence-corrected chi connectivity index (χ2v) is 5.23. The van der Waals surface area contributed by atoms with Crippen LogP contribution in [0.1, 0.15) is 23.6 Å². The molecule has 0 bridgehead atoms. The molecule has 0 unspecified atom stereocenters. The summed E-state index contributed by atoms with van der Waals surface area (Å²) in [5, 5.41) is 2.69. The van der Waals surface area contributed by atoms with Gasteiger partial charge in [0.1, 0.15) is 5.75 Å². The summed E-state index contributed by atoms with van der Waals surface area (Å²) in [6, 6.07) is 11.9. The zero-order chi connectivity index (χ0) is 17.6. The summed E-state index contributed by atoms with van der Waals surface area (Å²) in [4.78, 5) is 11.9. The van der Waals surface area contributed by atoms with Gasteiger partial charge in [0.15, 0.2) is 0 Å². The lowest BCUT2D eigenvalue weighted by molar-refractivity contribution is -0.137. The molecule has 0 aromatic heterocycles. The summed E-state index contributed by atoms with van der Waals surface area (Å²) >= 11 is 0. The minimum Gasteiger partial charge on any atom is -0.494 e. The van der Waals surface area contributed by atoms with Gasteiger partial charge in [0.25, 0.3) is 0 Å². The molecule has 3 nitrogen and oxygen atoms in total. The highest BCUT2D eigenvalue weighted by molar-refractivity contribution is 5.78. The number of amides is 1. The van der Waals surface area contributed by atoms with E-state index < -0.39 is 11.7 Å². The number of alkyl halides is 3. The lowest BCUT2D eigenvalue weighted by Crippen LogP contribution is -2.24. The van der Waals surface area contributed by atoms with Crippen molar-refractivity contribution in [2.24, 2.45) is 0 Å². The van der Waals surface area contributed by atoms with E-state index in [4.69, 9.17) is 4.74 Å². The molecule has 1 amide bonds. The Bertz CT molecular complexity index is 664. The van der Waals surface area contributed by atoms with Crippen molar-refractivity contribution in [3.63, 3.8) is 0 Å². The second kappa shape index (κ2) is 7.86. The fraction of sp³-hybridized carbons (Fsp3) is 0.278. The summed E-state index contributed by atoms with van der Waals surface area (Å²) in [5.74, 6) is 0.547. The second-order valence-electron chi connectivity index (χ2n) is 5.23. The van der Waals surface area contributed by atoms with E-state index in [0.29, 0.717) is 12.2 Å². The van der Waals surface area contributed by atoms with Gasteiger partial charge in [0, 0.05) is 6.54 Å². The molecule has 0 radical (unpaired) electrons. The van der Waals surface area contributed by atoms with Crippen molar-refractivity contribution in [3.8, 4) is 5.75 Å². The number of carbonyl (C=O) groups excluding carboxylic acids is 1. The molecular formula is C18H18F3NO2. The van der Waals surface area contributed by atoms with Gasteiger partial charge in [-0.2, -0.15) is 13.2 Å². The van der Waals surface area contributed by atoms with Gasteiger partial charge in [-0.3, -0.25) is 4.79 Å². The first-order chi connectivity index (χ1) is 11.4. The predicted molar refractivity (Wildman–Crippen MR) is 84.6 cm³/mol. The van der Waals surface area contributed by atoms with Crippen LogP contribution in [0.25, 0.3) is 0 Å². The Morgan fingerprint density at radius 3 is 2.12 bits per heavy atom. The smallest absolute Gasteiger partial charge is 0.416 e. The number of ether oxygens (including phenoxy) is 1. The molecule has 1 N–H and O–H groups in total. The van der Waals surface area contributed by atoms with Crippen LogP contribution in [0.3, 0.4) is 0 Å². The monoisotopic (exact) mass is 337 g/mol. The van der Waals surface area contributed by atoms with Crippen LogP contribution in [0.2, 0.25) is 0 Å². The lowest BCUT2D eigenvalue weighted by atomic mass is 10.1. The highest BCUT2D eigenvalue weighted by Gasteiger charge is 2.29. The highest BCUT2D eigenvalue weighted by atomic mass is 19.4. The van der Waals surface area contributed by atoms with E-state index in [1.165, 1.54) is 12.1 Å². The van der Waals surface area contributed by atoms with Crippen LogP contribution in [-0.4, -0.2) is 12.5 Å². The van der Waals surface area contributed by atoms with Gasteiger partial charge in [0.05, 0.1) is 18.6 Å². The molecule has 0 aliphatic heterocycles. The lowest BCUT2D eigenvalue weighted by Gasteiger charge is -2.09. The molecule has 0 aliphatic carbocycles. The maximum absolute atomic E-state index is 12.5. The quantitative estimate of drug-likeness (QED) is 0.866. The highest BCUT2D eigenvalue weighted by Crippen LogP contribution is 2.29. The van der Waals surface area contributed by atoms with E-state index >= 15 is 0 Å². The number of hydrogen-bond donors (Lipinski definition) is 1. The van der Waals surface area contributed by atoms with E-state index in [0.717, 1.165) is 23.4 Å². The van der Waals surface area contributed by atoms with E-state index in [2.05, 4.69) is 5.32 Å². The Kier molecular flexibility index (Phi) is 5.84. The molecule has 0 fully saturated rings. The molecule has 0 saturated heterocycles. The molecule has 2 rings (SSSR count). The number of nitrogens with one attached hydrogen (secondary N) is 1. The zero-order valence-corrected chi connectivity index (χ0v) is 13.2. The maximum atomic E-state index is 12.5. The van der Waals surface area contributed by atoms with Crippen molar-refractivity contribution in [3.05, 3.63) is 65.2 Å². The average molecular weight is 337 g/mol. The van der Waals surface area contributed by atoms with Gasteiger partial charge in [0.2, 0.25) is 5.91 Å². The summed E-state index contributed by atoms with van der Waals surface area (Å²) in [6.45, 7) is 2.66. The standard InChI is InChI=1S/C18H18F3NO2/c1-2-24-16-9-5-13(6-10-16)11-17(23)22-12-14-3-7-15(8-4-14)18(19,20)21/h3-10H,2,11-12H2,1H3,(H,22,23). The molecule has 0 heterocycles. The fourth-order valence-corrected chi connectivity index (χ4v) is 2.13. The third-order valence-corrected chi connectivity index (χ3v) is 3.37. The zero-order valence-electron chi connectivity index (χ0n) is 13.2. The summed E-state index contributed by atoms with van der Waals surface area (Å²) in [6.07, 6.45) is -4.15. The van der Waals surface area contributed by atoms with Crippen molar-refractivity contribution in [1.82, 2.24) is 5.32 Å². The normalized spacial score (nSPS) is 11.2. The molecule has 0 saturated carbocycles. The van der Waals surface area contributed by atoms with Gasteiger partial charge in [-0.25, -0.2) is 0 Å². The maximum Gasteiger partial charge on any atom is 0.416 e. The molecule has 24 heavy (non-hydrogen) atoms. The van der Waals surface area contributed by atoms with Crippen LogP contribution >= 0.6 is 0 Å². The Labute approximate surface area is 138 Å². The Hall–Kier alpha value is -2.50. The number of hydrogen-bond acceptors (Lipinski definition) is 2. The number of carbonyl (C=O) groups is 1. The average Bonchev–Trinajstić information content (AvgIpc) is 2.55. The van der Waals surface area contributed by atoms with Crippen LogP contribution in [0.4, 0.5) is 13.2 Å². The van der Waals surface area contributed by atoms with Gasteiger partial charge >= 0.3 is 6.18 Å². The minimum atomic E-state index is -4.35. The van der Waals surface area contributed by atoms with E-state index in [9.17, 15) is 18.0 Å². The van der Waals surface area contributed by atoms with Crippen molar-refractivity contribution in [2.75, 3.05) is 6.61 Å². The number of halogens is 3. The van der Waals surface area contributed by atoms with Crippen molar-refractivity contribution >= 4 is 5.91 Å². The van der Waals surface area contributed by atoms with Crippen molar-refractivity contribution in [2.45, 2.75) is 26.1 Å². The topological polar surface area (TPSA) is 38.3 Å². The summed E-state index contributed by atoms with van der Waals surface area (Å²) < 4.78 is 42.7. The fourth-order valence-electron chi connectivity index (χ4n) is 2.13. The van der Waals surface area contributed by atoms with Crippen LogP contribution in [0.5, 0.6) is 5.75 Å². The molecule has 0 spiro atoms. The molecule has 6 heteroatoms. The van der Waals surface area contributed by atoms with E-state index in [1.54, 1.807) is 12.1 Å². The van der Waals surface area contributed by atoms with Gasteiger partial charge in [-0.1, -0.05) is 24.3 Å². The van der Waals surface area contributed by atoms with Crippen molar-refractivity contribution in [1.29, 1.82) is 0 Å². The summed E-state index contributed by atoms with van der Waals surface area (Å²) in [5.41, 5.74) is 0.749. The largest absolute Gasteiger partial charge is 0.494 e. The molecule has 0 aliphatic rings. The van der Waals surface area contributed by atoms with Crippen LogP contribution in [-0.2, 0) is 23.9 Å². The Morgan fingerprint density at radius 2 is 1.58 bits per heavy atom. The third-order valence-electron chi connectivity index (χ3n) is 3.37. The predicted octanol–water partition coefficient (Wildman–Crippen LogP) is 3.96. The SMILES string of the molecule is CCOc1ccc(CC(=O)NCc2ccc(C(F)(F)F)cc2)cc1. The van der Waals surface area contributed by atoms with Crippen molar-refractivity contribution < 1.29 is 22.7 Å². The Morgan fingerprint density at radius 1 is 1.00 bits per heavy atom. The number of rotatable bonds is 6. The third kappa shape index (κ3) is 5.30. The molecule has 128 valence electrons. The summed E-state index contributed by atoms with van der Waals surface area (Å²) in [7, 11) is 0. The molecule has 2 aromatic carbocycles. The first-order valence-corrected chi connectivity index (χ1v) is 7.53. The van der Waals surface area contributed by atoms with Gasteiger partial charge < -0.3 is 10.1 Å². The van der Waals surface area contributed by atoms with E-state index in [-0.39, 0.29) is 18.9 Å². The number of benzene rings is 2. The van der Waals surface area contributed by atoms with Crippen LogP contribution < -0.4 is 10.1 Å². The minimum absolute atomic E-state index is 0.188. The molecular weight excluding hydrogens is 319 g/mol. The van der Waals surface area contributed by atoms with Crippen LogP contribution in [0.15, 0.2) is 48.5 Å². The first-order valence-electron chi connectivity index (χ1n) is 7.53. The van der Waals surface area contributed by atoms with Crippen LogP contribution in [0, 0.1) is 0 Å². The Balaban J connectivity index is 1.84. The van der Waals surface area contributed by atoms with Gasteiger partial charge in [-0.15, -0.1) is 0 Å². The van der Waals surface area contributed by atoms with E-state index in [1.807, 2.05) is 19.1 Å². The van der Waals surface area contributed by atoms with Gasteiger partial charge in [-0.05, 0) is 42.3 Å². The molecule has 0 atom stereocenters. The first kappa shape index (κ1) is 17.8. The molecule has 2 aromatic rings.